The summed E-state index contributed by atoms with van der Waals surface area (Å²) in [4.78, 5) is 30.6. The van der Waals surface area contributed by atoms with E-state index >= 15 is 0 Å². The highest BCUT2D eigenvalue weighted by Gasteiger charge is 2.21. The molecule has 5 aromatic rings. The lowest BCUT2D eigenvalue weighted by Gasteiger charge is -2.17. The minimum atomic E-state index is -0.907. The number of halogens is 2. The predicted octanol–water partition coefficient (Wildman–Crippen LogP) is 6.45. The van der Waals surface area contributed by atoms with Crippen molar-refractivity contribution in [3.05, 3.63) is 86.1 Å². The molecule has 0 saturated heterocycles. The maximum absolute atomic E-state index is 13.7. The average molecular weight is 625 g/mol. The van der Waals surface area contributed by atoms with Gasteiger partial charge in [-0.05, 0) is 72.2 Å². The van der Waals surface area contributed by atoms with Gasteiger partial charge in [0.1, 0.15) is 17.1 Å². The number of hydrogen-bond acceptors (Lipinski definition) is 8. The van der Waals surface area contributed by atoms with Crippen molar-refractivity contribution in [2.24, 2.45) is 5.10 Å². The lowest BCUT2D eigenvalue weighted by molar-refractivity contribution is -0.150. The molecule has 0 radical (unpaired) electrons. The fourth-order valence-corrected chi connectivity index (χ4v) is 5.05. The smallest absolute Gasteiger partial charge is 0.347 e. The number of ether oxygens (including phenoxy) is 3. The summed E-state index contributed by atoms with van der Waals surface area (Å²) >= 11 is 9.76. The minimum absolute atomic E-state index is 0.182. The van der Waals surface area contributed by atoms with E-state index in [-0.39, 0.29) is 12.4 Å². The molecule has 2 heterocycles. The van der Waals surface area contributed by atoms with E-state index in [0.29, 0.717) is 48.8 Å². The summed E-state index contributed by atoms with van der Waals surface area (Å²) in [5.74, 6) is 0.892. The van der Waals surface area contributed by atoms with Gasteiger partial charge in [-0.15, -0.1) is 0 Å². The number of carbonyl (C=O) groups is 1. The Kier molecular flexibility index (Phi) is 7.90. The zero-order chi connectivity index (χ0) is 28.4. The Labute approximate surface area is 242 Å². The van der Waals surface area contributed by atoms with Crippen LogP contribution in [-0.2, 0) is 9.53 Å². The van der Waals surface area contributed by atoms with Crippen LogP contribution in [0.4, 0.5) is 0 Å². The van der Waals surface area contributed by atoms with Gasteiger partial charge in [0.25, 0.3) is 5.56 Å². The first-order chi connectivity index (χ1) is 19.3. The maximum atomic E-state index is 13.7. The van der Waals surface area contributed by atoms with Crippen molar-refractivity contribution < 1.29 is 23.4 Å². The van der Waals surface area contributed by atoms with E-state index in [1.54, 1.807) is 69.5 Å². The van der Waals surface area contributed by atoms with Crippen molar-refractivity contribution in [1.82, 2.24) is 9.66 Å². The molecule has 0 aliphatic heterocycles. The molecular formula is C29H23BrClN3O6. The molecule has 0 N–H and O–H groups in total. The molecule has 0 aliphatic rings. The van der Waals surface area contributed by atoms with E-state index in [2.05, 4.69) is 21.0 Å². The van der Waals surface area contributed by atoms with Crippen LogP contribution in [0.3, 0.4) is 0 Å². The summed E-state index contributed by atoms with van der Waals surface area (Å²) in [5, 5.41) is 5.98. The van der Waals surface area contributed by atoms with Gasteiger partial charge in [-0.25, -0.2) is 9.78 Å². The Bertz CT molecular complexity index is 1830. The number of methoxy groups -OCH3 is 1. The molecule has 2 aromatic heterocycles. The van der Waals surface area contributed by atoms with Crippen LogP contribution in [0.15, 0.2) is 79.4 Å². The zero-order valence-corrected chi connectivity index (χ0v) is 24.0. The van der Waals surface area contributed by atoms with Crippen molar-refractivity contribution in [2.45, 2.75) is 20.0 Å². The molecule has 0 saturated carbocycles. The quantitative estimate of drug-likeness (QED) is 0.144. The van der Waals surface area contributed by atoms with Crippen molar-refractivity contribution in [2.75, 3.05) is 13.7 Å². The third-order valence-electron chi connectivity index (χ3n) is 5.98. The van der Waals surface area contributed by atoms with Gasteiger partial charge in [0.2, 0.25) is 5.82 Å². The fraction of sp³-hybridized carbons (Fsp3) is 0.172. The summed E-state index contributed by atoms with van der Waals surface area (Å²) in [6.07, 6.45) is 0.504. The van der Waals surface area contributed by atoms with E-state index in [9.17, 15) is 9.59 Å². The fourth-order valence-electron chi connectivity index (χ4n) is 4.12. The third kappa shape index (κ3) is 5.32. The van der Waals surface area contributed by atoms with Gasteiger partial charge < -0.3 is 18.6 Å². The van der Waals surface area contributed by atoms with Crippen LogP contribution in [0.1, 0.15) is 19.4 Å². The first kappa shape index (κ1) is 27.4. The Balaban J connectivity index is 1.66. The Morgan fingerprint density at radius 1 is 1.18 bits per heavy atom. The topological polar surface area (TPSA) is 105 Å². The second-order valence-electron chi connectivity index (χ2n) is 8.61. The summed E-state index contributed by atoms with van der Waals surface area (Å²) in [6.45, 7) is 3.51. The van der Waals surface area contributed by atoms with Crippen molar-refractivity contribution in [1.29, 1.82) is 0 Å². The number of fused-ring (bicyclic) bond motifs is 2. The van der Waals surface area contributed by atoms with Gasteiger partial charge in [0.15, 0.2) is 11.9 Å². The lowest BCUT2D eigenvalue weighted by Crippen LogP contribution is -2.26. The number of benzene rings is 3. The number of para-hydroxylation sites is 1. The van der Waals surface area contributed by atoms with E-state index in [0.717, 1.165) is 10.1 Å². The molecule has 40 heavy (non-hydrogen) atoms. The van der Waals surface area contributed by atoms with Crippen LogP contribution in [0.2, 0.25) is 5.02 Å². The van der Waals surface area contributed by atoms with Crippen LogP contribution in [0, 0.1) is 0 Å². The largest absolute Gasteiger partial charge is 0.496 e. The first-order valence-corrected chi connectivity index (χ1v) is 13.4. The number of aromatic nitrogens is 2. The van der Waals surface area contributed by atoms with Gasteiger partial charge >= 0.3 is 5.97 Å². The van der Waals surface area contributed by atoms with E-state index < -0.39 is 17.6 Å². The number of hydrogen-bond donors (Lipinski definition) is 0. The van der Waals surface area contributed by atoms with E-state index in [4.69, 9.17) is 35.2 Å². The molecule has 11 heteroatoms. The molecule has 0 spiro atoms. The standard InChI is InChI=1S/C29H23BrClN3O6/c1-4-38-29(36)16(2)39-26-17(12-18(31)13-21(26)30)15-32-34-27(33-22-9-6-5-8-19(22)28(34)35)25-14-20-23(37-3)10-7-11-24(20)40-25/h5-16H,4H2,1-3H3/t16-/m0/s1. The number of esters is 1. The summed E-state index contributed by atoms with van der Waals surface area (Å²) in [5.41, 5.74) is 1.05. The zero-order valence-electron chi connectivity index (χ0n) is 21.7. The molecule has 0 unspecified atom stereocenters. The Morgan fingerprint density at radius 2 is 1.98 bits per heavy atom. The highest BCUT2D eigenvalue weighted by Crippen LogP contribution is 2.34. The number of nitrogens with zero attached hydrogens (tertiary/aromatic N) is 3. The van der Waals surface area contributed by atoms with Gasteiger partial charge in [0.05, 0.1) is 40.7 Å². The van der Waals surface area contributed by atoms with Crippen molar-refractivity contribution in [3.63, 3.8) is 0 Å². The van der Waals surface area contributed by atoms with Crippen LogP contribution in [-0.4, -0.2) is 41.7 Å². The minimum Gasteiger partial charge on any atom is -0.496 e. The first-order valence-electron chi connectivity index (χ1n) is 12.3. The van der Waals surface area contributed by atoms with Crippen molar-refractivity contribution >= 4 is 61.6 Å². The normalized spacial score (nSPS) is 12.2. The molecule has 3 aromatic carbocycles. The number of carbonyl (C=O) groups excluding carboxylic acids is 1. The molecule has 0 amide bonds. The van der Waals surface area contributed by atoms with Crippen molar-refractivity contribution in [3.8, 4) is 23.1 Å². The third-order valence-corrected chi connectivity index (χ3v) is 6.79. The molecule has 0 bridgehead atoms. The van der Waals surface area contributed by atoms with Gasteiger partial charge in [-0.3, -0.25) is 4.79 Å². The SMILES string of the molecule is CCOC(=O)[C@H](C)Oc1c(Br)cc(Cl)cc1C=Nn1c(-c2cc3c(OC)cccc3o2)nc2ccccc2c1=O. The summed E-state index contributed by atoms with van der Waals surface area (Å²) in [7, 11) is 1.57. The lowest BCUT2D eigenvalue weighted by atomic mass is 10.2. The average Bonchev–Trinajstić information content (AvgIpc) is 3.38. The second-order valence-corrected chi connectivity index (χ2v) is 9.91. The van der Waals surface area contributed by atoms with Gasteiger partial charge in [0, 0.05) is 10.6 Å². The molecule has 1 atom stereocenters. The highest BCUT2D eigenvalue weighted by atomic mass is 79.9. The number of rotatable bonds is 8. The van der Waals surface area contributed by atoms with E-state index in [1.165, 1.54) is 6.21 Å². The molecule has 0 aliphatic carbocycles. The Hall–Kier alpha value is -4.15. The monoisotopic (exact) mass is 623 g/mol. The summed E-state index contributed by atoms with van der Waals surface area (Å²) < 4.78 is 24.2. The molecule has 204 valence electrons. The van der Waals surface area contributed by atoms with Crippen LogP contribution >= 0.6 is 27.5 Å². The van der Waals surface area contributed by atoms with Crippen LogP contribution < -0.4 is 15.0 Å². The molecule has 5 rings (SSSR count). The van der Waals surface area contributed by atoms with Crippen LogP contribution in [0.5, 0.6) is 11.5 Å². The number of furan rings is 1. The second kappa shape index (κ2) is 11.5. The molecule has 0 fully saturated rings. The predicted molar refractivity (Wildman–Crippen MR) is 157 cm³/mol. The Morgan fingerprint density at radius 3 is 2.75 bits per heavy atom. The maximum Gasteiger partial charge on any atom is 0.347 e. The van der Waals surface area contributed by atoms with Crippen LogP contribution in [0.25, 0.3) is 33.5 Å². The van der Waals surface area contributed by atoms with Gasteiger partial charge in [-0.2, -0.15) is 9.78 Å². The summed E-state index contributed by atoms with van der Waals surface area (Å²) in [6, 6.07) is 17.4. The molecular weight excluding hydrogens is 602 g/mol. The molecule has 9 nitrogen and oxygen atoms in total. The van der Waals surface area contributed by atoms with Gasteiger partial charge in [-0.1, -0.05) is 29.8 Å². The highest BCUT2D eigenvalue weighted by molar-refractivity contribution is 9.10. The van der Waals surface area contributed by atoms with E-state index in [1.807, 2.05) is 12.1 Å².